The predicted molar refractivity (Wildman–Crippen MR) is 103 cm³/mol. The third-order valence-corrected chi connectivity index (χ3v) is 5.67. The molecule has 0 atom stereocenters. The Bertz CT molecular complexity index is 831. The topological polar surface area (TPSA) is 64.0 Å². The summed E-state index contributed by atoms with van der Waals surface area (Å²) >= 11 is 7.58. The summed E-state index contributed by atoms with van der Waals surface area (Å²) in [6.07, 6.45) is 5.55. The minimum Gasteiger partial charge on any atom is -0.356 e. The lowest BCUT2D eigenvalue weighted by Crippen LogP contribution is -2.29. The summed E-state index contributed by atoms with van der Waals surface area (Å²) in [4.78, 5) is 28.8. The van der Waals surface area contributed by atoms with E-state index >= 15 is 0 Å². The maximum Gasteiger partial charge on any atom is 0.262 e. The zero-order chi connectivity index (χ0) is 17.8. The van der Waals surface area contributed by atoms with Gasteiger partial charge in [-0.3, -0.25) is 14.2 Å². The van der Waals surface area contributed by atoms with E-state index in [1.807, 2.05) is 4.57 Å². The van der Waals surface area contributed by atoms with Gasteiger partial charge < -0.3 is 5.32 Å². The molecule has 7 heteroatoms. The number of carbonyl (C=O) groups excluding carboxylic acids is 1. The van der Waals surface area contributed by atoms with Crippen LogP contribution >= 0.6 is 23.4 Å². The zero-order valence-electron chi connectivity index (χ0n) is 14.3. The number of hydrogen-bond donors (Lipinski definition) is 1. The van der Waals surface area contributed by atoms with Gasteiger partial charge in [-0.1, -0.05) is 42.6 Å². The van der Waals surface area contributed by atoms with Crippen LogP contribution in [0.1, 0.15) is 45.1 Å². The molecule has 25 heavy (non-hydrogen) atoms. The molecule has 3 rings (SSSR count). The maximum atomic E-state index is 13.1. The number of thioether (sulfide) groups is 1. The monoisotopic (exact) mass is 379 g/mol. The van der Waals surface area contributed by atoms with E-state index in [4.69, 9.17) is 16.6 Å². The molecule has 0 spiro atoms. The fraction of sp³-hybridized carbons (Fsp3) is 0.500. The Labute approximate surface area is 156 Å². The summed E-state index contributed by atoms with van der Waals surface area (Å²) in [6.45, 7) is 2.05. The van der Waals surface area contributed by atoms with Crippen molar-refractivity contribution in [3.63, 3.8) is 0 Å². The Morgan fingerprint density at radius 2 is 2.12 bits per heavy atom. The molecule has 1 amide bonds. The second-order valence-corrected chi connectivity index (χ2v) is 7.85. The third-order valence-electron chi connectivity index (χ3n) is 4.48. The lowest BCUT2D eigenvalue weighted by molar-refractivity contribution is -0.118. The van der Waals surface area contributed by atoms with Crippen molar-refractivity contribution in [2.24, 2.45) is 0 Å². The maximum absolute atomic E-state index is 13.1. The van der Waals surface area contributed by atoms with Gasteiger partial charge in [0.25, 0.3) is 5.56 Å². The number of rotatable bonds is 5. The molecule has 1 saturated carbocycles. The summed E-state index contributed by atoms with van der Waals surface area (Å²) in [5, 5.41) is 4.68. The Morgan fingerprint density at radius 3 is 2.84 bits per heavy atom. The highest BCUT2D eigenvalue weighted by molar-refractivity contribution is 7.99. The highest BCUT2D eigenvalue weighted by Gasteiger charge is 2.21. The van der Waals surface area contributed by atoms with Crippen molar-refractivity contribution < 1.29 is 4.79 Å². The van der Waals surface area contributed by atoms with Crippen molar-refractivity contribution in [2.75, 3.05) is 12.3 Å². The fourth-order valence-corrected chi connectivity index (χ4v) is 4.37. The molecule has 1 aromatic carbocycles. The van der Waals surface area contributed by atoms with E-state index in [0.29, 0.717) is 28.2 Å². The van der Waals surface area contributed by atoms with Gasteiger partial charge in [0.1, 0.15) is 0 Å². The first-order valence-electron chi connectivity index (χ1n) is 8.65. The number of amides is 1. The van der Waals surface area contributed by atoms with Gasteiger partial charge in [-0.25, -0.2) is 4.98 Å². The second kappa shape index (κ2) is 8.23. The van der Waals surface area contributed by atoms with Crippen LogP contribution < -0.4 is 10.9 Å². The van der Waals surface area contributed by atoms with Crippen LogP contribution in [-0.4, -0.2) is 27.8 Å². The van der Waals surface area contributed by atoms with Gasteiger partial charge in [0, 0.05) is 30.3 Å². The summed E-state index contributed by atoms with van der Waals surface area (Å²) in [5.74, 6) is 0.619. The summed E-state index contributed by atoms with van der Waals surface area (Å²) < 4.78 is 1.87. The first-order chi connectivity index (χ1) is 12.1. The van der Waals surface area contributed by atoms with Gasteiger partial charge in [-0.2, -0.15) is 0 Å². The molecule has 1 heterocycles. The molecule has 1 fully saturated rings. The van der Waals surface area contributed by atoms with Crippen LogP contribution in [0.3, 0.4) is 0 Å². The quantitative estimate of drug-likeness (QED) is 0.487. The van der Waals surface area contributed by atoms with Crippen LogP contribution in [0, 0.1) is 0 Å². The number of aromatic nitrogens is 2. The second-order valence-electron chi connectivity index (χ2n) is 6.35. The zero-order valence-corrected chi connectivity index (χ0v) is 15.8. The van der Waals surface area contributed by atoms with Gasteiger partial charge in [0.15, 0.2) is 5.16 Å². The normalized spacial score (nSPS) is 15.4. The molecule has 0 radical (unpaired) electrons. The molecule has 1 aliphatic rings. The van der Waals surface area contributed by atoms with Crippen molar-refractivity contribution >= 4 is 40.2 Å². The molecule has 5 nitrogen and oxygen atoms in total. The molecule has 1 aliphatic carbocycles. The Kier molecular flexibility index (Phi) is 6.02. The van der Waals surface area contributed by atoms with Crippen LogP contribution in [0.5, 0.6) is 0 Å². The van der Waals surface area contributed by atoms with Crippen molar-refractivity contribution in [1.82, 2.24) is 14.9 Å². The molecule has 1 N–H and O–H groups in total. The van der Waals surface area contributed by atoms with Crippen LogP contribution in [0.15, 0.2) is 28.2 Å². The number of nitrogens with one attached hydrogen (secondary N) is 1. The van der Waals surface area contributed by atoms with E-state index in [0.717, 1.165) is 30.8 Å². The van der Waals surface area contributed by atoms with Gasteiger partial charge in [-0.15, -0.1) is 0 Å². The van der Waals surface area contributed by atoms with Crippen LogP contribution in [0.25, 0.3) is 10.9 Å². The predicted octanol–water partition coefficient (Wildman–Crippen LogP) is 3.78. The standard InChI is InChI=1S/C18H22ClN3O2S/c1-12(23)20-9-10-25-18-21-16-11-13(19)7-8-15(16)17(24)22(18)14-5-3-2-4-6-14/h7-8,11,14H,2-6,9-10H2,1H3,(H,20,23). The highest BCUT2D eigenvalue weighted by atomic mass is 35.5. The van der Waals surface area contributed by atoms with E-state index in [2.05, 4.69) is 5.32 Å². The summed E-state index contributed by atoms with van der Waals surface area (Å²) in [6, 6.07) is 5.44. The van der Waals surface area contributed by atoms with Gasteiger partial charge >= 0.3 is 0 Å². The summed E-state index contributed by atoms with van der Waals surface area (Å²) in [5.41, 5.74) is 0.641. The molecule has 0 unspecified atom stereocenters. The lowest BCUT2D eigenvalue weighted by Gasteiger charge is -2.26. The minimum absolute atomic E-state index is 0.00981. The largest absolute Gasteiger partial charge is 0.356 e. The smallest absolute Gasteiger partial charge is 0.262 e. The average Bonchev–Trinajstić information content (AvgIpc) is 2.59. The molecular formula is C18H22ClN3O2S. The number of nitrogens with zero attached hydrogens (tertiary/aromatic N) is 2. The van der Waals surface area contributed by atoms with E-state index in [1.54, 1.807) is 18.2 Å². The molecule has 134 valence electrons. The number of halogens is 1. The molecule has 1 aromatic heterocycles. The molecular weight excluding hydrogens is 358 g/mol. The van der Waals surface area contributed by atoms with Crippen molar-refractivity contribution in [3.05, 3.63) is 33.6 Å². The van der Waals surface area contributed by atoms with Crippen molar-refractivity contribution in [3.8, 4) is 0 Å². The van der Waals surface area contributed by atoms with Crippen molar-refractivity contribution in [1.29, 1.82) is 0 Å². The summed E-state index contributed by atoms with van der Waals surface area (Å²) in [7, 11) is 0. The number of benzene rings is 1. The van der Waals surface area contributed by atoms with Gasteiger partial charge in [0.2, 0.25) is 5.91 Å². The van der Waals surface area contributed by atoms with E-state index in [9.17, 15) is 9.59 Å². The Hall–Kier alpha value is -1.53. The van der Waals surface area contributed by atoms with E-state index in [-0.39, 0.29) is 17.5 Å². The number of carbonyl (C=O) groups is 1. The van der Waals surface area contributed by atoms with Crippen LogP contribution in [0.4, 0.5) is 0 Å². The first kappa shape index (κ1) is 18.3. The van der Waals surface area contributed by atoms with Gasteiger partial charge in [0.05, 0.1) is 10.9 Å². The third kappa shape index (κ3) is 4.36. The highest BCUT2D eigenvalue weighted by Crippen LogP contribution is 2.31. The molecule has 0 saturated heterocycles. The van der Waals surface area contributed by atoms with Gasteiger partial charge in [-0.05, 0) is 31.0 Å². The number of hydrogen-bond acceptors (Lipinski definition) is 4. The van der Waals surface area contributed by atoms with Crippen LogP contribution in [-0.2, 0) is 4.79 Å². The van der Waals surface area contributed by atoms with Crippen molar-refractivity contribution in [2.45, 2.75) is 50.2 Å². The van der Waals surface area contributed by atoms with Crippen LogP contribution in [0.2, 0.25) is 5.02 Å². The van der Waals surface area contributed by atoms with E-state index in [1.165, 1.54) is 25.1 Å². The molecule has 0 bridgehead atoms. The van der Waals surface area contributed by atoms with E-state index < -0.39 is 0 Å². The fourth-order valence-electron chi connectivity index (χ4n) is 3.28. The minimum atomic E-state index is -0.0523. The Balaban J connectivity index is 1.98. The lowest BCUT2D eigenvalue weighted by atomic mass is 9.95. The number of fused-ring (bicyclic) bond motifs is 1. The molecule has 2 aromatic rings. The SMILES string of the molecule is CC(=O)NCCSc1nc2cc(Cl)ccc2c(=O)n1C1CCCCC1. The molecule has 0 aliphatic heterocycles. The Morgan fingerprint density at radius 1 is 1.36 bits per heavy atom. The average molecular weight is 380 g/mol. The first-order valence-corrected chi connectivity index (χ1v) is 10.0.